The summed E-state index contributed by atoms with van der Waals surface area (Å²) in [6.45, 7) is 3.98. The maximum absolute atomic E-state index is 6.06. The molecule has 0 aliphatic rings. The summed E-state index contributed by atoms with van der Waals surface area (Å²) in [6.07, 6.45) is 0. The molecule has 0 radical (unpaired) electrons. The summed E-state index contributed by atoms with van der Waals surface area (Å²) < 4.78 is 0. The lowest BCUT2D eigenvalue weighted by Gasteiger charge is -2.15. The van der Waals surface area contributed by atoms with Gasteiger partial charge in [0, 0.05) is 0 Å². The van der Waals surface area contributed by atoms with Gasteiger partial charge in [-0.25, -0.2) is 0 Å². The van der Waals surface area contributed by atoms with E-state index in [1.54, 1.807) is 0 Å². The van der Waals surface area contributed by atoms with Gasteiger partial charge in [0.2, 0.25) is 0 Å². The Morgan fingerprint density at radius 2 is 1.55 bits per heavy atom. The van der Waals surface area contributed by atoms with Gasteiger partial charge in [-0.1, -0.05) is 30.3 Å². The summed E-state index contributed by atoms with van der Waals surface area (Å²) in [5.41, 5.74) is 1.16. The molecule has 62 valence electrons. The average Bonchev–Trinajstić information content (AvgIpc) is 1.88. The molecule has 11 heavy (non-hydrogen) atoms. The van der Waals surface area contributed by atoms with Crippen molar-refractivity contribution in [2.45, 2.75) is 18.7 Å². The van der Waals surface area contributed by atoms with Crippen LogP contribution in [0.2, 0.25) is 0 Å². The molecule has 1 aromatic rings. The minimum atomic E-state index is -0.235. The van der Waals surface area contributed by atoms with Crippen LogP contribution in [0.5, 0.6) is 0 Å². The molecule has 0 unspecified atom stereocenters. The van der Waals surface area contributed by atoms with E-state index in [9.17, 15) is 0 Å². The molecule has 0 aliphatic carbocycles. The minimum absolute atomic E-state index is 0. The van der Waals surface area contributed by atoms with E-state index in [0.717, 1.165) is 5.56 Å². The summed E-state index contributed by atoms with van der Waals surface area (Å²) in [5.74, 6) is 0. The molecule has 0 bridgehead atoms. The van der Waals surface area contributed by atoms with Gasteiger partial charge in [0.1, 0.15) is 0 Å². The Kier molecular flexibility index (Phi) is 4.12. The Bertz CT molecular complexity index is 201. The fourth-order valence-corrected chi connectivity index (χ4v) is 0.960. The standard InChI is InChI=1S/C9H11Cl.BrH/c1-9(2,10)8-6-4-3-5-7-8;/h3-7H,1-2H3;1H. The molecule has 1 rings (SSSR count). The van der Waals surface area contributed by atoms with Gasteiger partial charge in [0.15, 0.2) is 0 Å². The van der Waals surface area contributed by atoms with E-state index in [-0.39, 0.29) is 21.9 Å². The van der Waals surface area contributed by atoms with E-state index in [0.29, 0.717) is 0 Å². The SMILES string of the molecule is Br.CC(C)(Cl)c1ccccc1. The molecule has 2 heteroatoms. The van der Waals surface area contributed by atoms with E-state index < -0.39 is 0 Å². The van der Waals surface area contributed by atoms with Gasteiger partial charge in [-0.2, -0.15) is 0 Å². The summed E-state index contributed by atoms with van der Waals surface area (Å²) in [7, 11) is 0. The number of rotatable bonds is 1. The zero-order valence-electron chi connectivity index (χ0n) is 6.67. The quantitative estimate of drug-likeness (QED) is 0.651. The van der Waals surface area contributed by atoms with Crippen molar-refractivity contribution in [3.63, 3.8) is 0 Å². The fraction of sp³-hybridized carbons (Fsp3) is 0.333. The highest BCUT2D eigenvalue weighted by Gasteiger charge is 2.14. The van der Waals surface area contributed by atoms with E-state index >= 15 is 0 Å². The third-order valence-electron chi connectivity index (χ3n) is 1.46. The largest absolute Gasteiger partial charge is 0.115 e. The second kappa shape index (κ2) is 4.13. The molecule has 0 saturated carbocycles. The van der Waals surface area contributed by atoms with Crippen LogP contribution in [0.3, 0.4) is 0 Å². The van der Waals surface area contributed by atoms with Crippen LogP contribution in [0.15, 0.2) is 30.3 Å². The van der Waals surface area contributed by atoms with Gasteiger partial charge in [-0.15, -0.1) is 28.6 Å². The van der Waals surface area contributed by atoms with Gasteiger partial charge in [0.25, 0.3) is 0 Å². The van der Waals surface area contributed by atoms with Crippen LogP contribution in [0, 0.1) is 0 Å². The maximum Gasteiger partial charge on any atom is 0.0638 e. The van der Waals surface area contributed by atoms with Crippen molar-refractivity contribution in [1.82, 2.24) is 0 Å². The van der Waals surface area contributed by atoms with Crippen molar-refractivity contribution in [2.24, 2.45) is 0 Å². The molecule has 0 heterocycles. The first kappa shape index (κ1) is 11.0. The van der Waals surface area contributed by atoms with Crippen molar-refractivity contribution >= 4 is 28.6 Å². The zero-order valence-corrected chi connectivity index (χ0v) is 9.14. The summed E-state index contributed by atoms with van der Waals surface area (Å²) in [5, 5.41) is 0. The molecule has 0 amide bonds. The Morgan fingerprint density at radius 1 is 1.09 bits per heavy atom. The van der Waals surface area contributed by atoms with Crippen LogP contribution in [0.25, 0.3) is 0 Å². The first-order chi connectivity index (χ1) is 4.61. The van der Waals surface area contributed by atoms with Crippen molar-refractivity contribution in [3.8, 4) is 0 Å². The molecular formula is C9H12BrCl. The lowest BCUT2D eigenvalue weighted by atomic mass is 10.0. The maximum atomic E-state index is 6.06. The van der Waals surface area contributed by atoms with Crippen LogP contribution in [-0.2, 0) is 4.87 Å². The van der Waals surface area contributed by atoms with Gasteiger partial charge in [0.05, 0.1) is 4.87 Å². The first-order valence-corrected chi connectivity index (χ1v) is 3.73. The van der Waals surface area contributed by atoms with Crippen LogP contribution in [0.1, 0.15) is 19.4 Å². The van der Waals surface area contributed by atoms with Crippen LogP contribution < -0.4 is 0 Å². The molecule has 0 atom stereocenters. The third-order valence-corrected chi connectivity index (χ3v) is 1.68. The number of hydrogen-bond donors (Lipinski definition) is 0. The molecule has 0 fully saturated rings. The molecule has 0 nitrogen and oxygen atoms in total. The van der Waals surface area contributed by atoms with Crippen molar-refractivity contribution < 1.29 is 0 Å². The summed E-state index contributed by atoms with van der Waals surface area (Å²) >= 11 is 6.06. The lowest BCUT2D eigenvalue weighted by Crippen LogP contribution is -2.06. The predicted octanol–water partition coefficient (Wildman–Crippen LogP) is 3.74. The minimum Gasteiger partial charge on any atom is -0.115 e. The van der Waals surface area contributed by atoms with Gasteiger partial charge in [-0.3, -0.25) is 0 Å². The number of halogens is 2. The second-order valence-electron chi connectivity index (χ2n) is 2.84. The molecule has 0 aliphatic heterocycles. The van der Waals surface area contributed by atoms with E-state index in [2.05, 4.69) is 0 Å². The Balaban J connectivity index is 0.000001000. The van der Waals surface area contributed by atoms with Crippen LogP contribution in [0.4, 0.5) is 0 Å². The lowest BCUT2D eigenvalue weighted by molar-refractivity contribution is 0.766. The third kappa shape index (κ3) is 3.26. The number of hydrogen-bond acceptors (Lipinski definition) is 0. The molecule has 0 spiro atoms. The first-order valence-electron chi connectivity index (χ1n) is 3.35. The van der Waals surface area contributed by atoms with Crippen molar-refractivity contribution in [2.75, 3.05) is 0 Å². The predicted molar refractivity (Wildman–Crippen MR) is 55.6 cm³/mol. The zero-order chi connectivity index (χ0) is 7.61. The fourth-order valence-electron chi connectivity index (χ4n) is 0.834. The highest BCUT2D eigenvalue weighted by atomic mass is 79.9. The topological polar surface area (TPSA) is 0 Å². The Hall–Kier alpha value is -0.0100. The smallest absolute Gasteiger partial charge is 0.0638 e. The van der Waals surface area contributed by atoms with Gasteiger partial charge >= 0.3 is 0 Å². The number of alkyl halides is 1. The molecule has 0 aromatic heterocycles. The van der Waals surface area contributed by atoms with Crippen molar-refractivity contribution in [1.29, 1.82) is 0 Å². The Morgan fingerprint density at radius 3 is 1.82 bits per heavy atom. The van der Waals surface area contributed by atoms with Crippen LogP contribution in [-0.4, -0.2) is 0 Å². The Labute approximate surface area is 83.3 Å². The van der Waals surface area contributed by atoms with E-state index in [1.807, 2.05) is 44.2 Å². The highest BCUT2D eigenvalue weighted by Crippen LogP contribution is 2.26. The normalized spacial score (nSPS) is 10.5. The van der Waals surface area contributed by atoms with Crippen LogP contribution >= 0.6 is 28.6 Å². The molecule has 0 N–H and O–H groups in total. The average molecular weight is 236 g/mol. The molecule has 0 saturated heterocycles. The second-order valence-corrected chi connectivity index (χ2v) is 3.78. The van der Waals surface area contributed by atoms with E-state index in [4.69, 9.17) is 11.6 Å². The van der Waals surface area contributed by atoms with Gasteiger partial charge < -0.3 is 0 Å². The molecule has 1 aromatic carbocycles. The molecular weight excluding hydrogens is 223 g/mol. The highest BCUT2D eigenvalue weighted by molar-refractivity contribution is 8.93. The monoisotopic (exact) mass is 234 g/mol. The van der Waals surface area contributed by atoms with Gasteiger partial charge in [-0.05, 0) is 19.4 Å². The number of benzene rings is 1. The van der Waals surface area contributed by atoms with Crippen molar-refractivity contribution in [3.05, 3.63) is 35.9 Å². The summed E-state index contributed by atoms with van der Waals surface area (Å²) in [4.78, 5) is -0.235. The summed E-state index contributed by atoms with van der Waals surface area (Å²) in [6, 6.07) is 10.1. The van der Waals surface area contributed by atoms with E-state index in [1.165, 1.54) is 0 Å².